The number of carbonyl (C=O) groups is 2. The quantitative estimate of drug-likeness (QED) is 0.757. The van der Waals surface area contributed by atoms with E-state index < -0.39 is 11.4 Å². The highest BCUT2D eigenvalue weighted by atomic mass is 16.4. The van der Waals surface area contributed by atoms with E-state index in [1.807, 2.05) is 0 Å². The maximum Gasteiger partial charge on any atom is 0.311 e. The summed E-state index contributed by atoms with van der Waals surface area (Å²) in [5.41, 5.74) is -0.649. The van der Waals surface area contributed by atoms with Crippen LogP contribution in [0.5, 0.6) is 0 Å². The Morgan fingerprint density at radius 1 is 1.53 bits per heavy atom. The lowest BCUT2D eigenvalue weighted by atomic mass is 9.81. The number of rotatable bonds is 4. The summed E-state index contributed by atoms with van der Waals surface area (Å²) in [4.78, 5) is 25.1. The van der Waals surface area contributed by atoms with E-state index in [4.69, 9.17) is 0 Å². The molecule has 0 spiro atoms. The first-order valence-electron chi connectivity index (χ1n) is 6.22. The second kappa shape index (κ2) is 4.51. The van der Waals surface area contributed by atoms with Gasteiger partial charge in [0.2, 0.25) is 5.91 Å². The van der Waals surface area contributed by atoms with Gasteiger partial charge in [-0.1, -0.05) is 12.5 Å². The van der Waals surface area contributed by atoms with Crippen molar-refractivity contribution in [3.05, 3.63) is 12.7 Å². The number of hydrogen-bond acceptors (Lipinski definition) is 2. The van der Waals surface area contributed by atoms with E-state index in [1.54, 1.807) is 11.0 Å². The zero-order valence-corrected chi connectivity index (χ0v) is 10.0. The second-order valence-corrected chi connectivity index (χ2v) is 5.15. The number of likely N-dealkylation sites (tertiary alicyclic amines) is 1. The molecule has 17 heavy (non-hydrogen) atoms. The van der Waals surface area contributed by atoms with Crippen LogP contribution in [-0.4, -0.2) is 35.0 Å². The molecule has 1 aliphatic carbocycles. The van der Waals surface area contributed by atoms with Crippen molar-refractivity contribution in [2.24, 2.45) is 11.3 Å². The minimum atomic E-state index is -0.723. The van der Waals surface area contributed by atoms with Crippen molar-refractivity contribution in [3.8, 4) is 0 Å². The first-order valence-corrected chi connectivity index (χ1v) is 6.22. The third-order valence-corrected chi connectivity index (χ3v) is 4.21. The number of carboxylic acids is 1. The molecule has 0 aromatic rings. The van der Waals surface area contributed by atoms with E-state index >= 15 is 0 Å². The Kier molecular flexibility index (Phi) is 3.22. The predicted molar refractivity (Wildman–Crippen MR) is 63.4 cm³/mol. The lowest BCUT2D eigenvalue weighted by Crippen LogP contribution is -2.37. The molecule has 1 saturated heterocycles. The molecule has 0 aromatic carbocycles. The van der Waals surface area contributed by atoms with Crippen LogP contribution in [0, 0.1) is 11.3 Å². The van der Waals surface area contributed by atoms with Gasteiger partial charge in [0.15, 0.2) is 0 Å². The molecule has 4 heteroatoms. The van der Waals surface area contributed by atoms with Crippen LogP contribution >= 0.6 is 0 Å². The SMILES string of the molecule is C=CCCC(=O)N1C[C@@H]2CCC[C@@]2(C(=O)O)C1. The number of allylic oxidation sites excluding steroid dienone is 1. The van der Waals surface area contributed by atoms with Gasteiger partial charge in [-0.2, -0.15) is 0 Å². The molecule has 1 aliphatic heterocycles. The highest BCUT2D eigenvalue weighted by molar-refractivity contribution is 5.81. The Labute approximate surface area is 101 Å². The number of fused-ring (bicyclic) bond motifs is 1. The van der Waals surface area contributed by atoms with Crippen molar-refractivity contribution in [1.29, 1.82) is 0 Å². The van der Waals surface area contributed by atoms with Crippen LogP contribution in [0.4, 0.5) is 0 Å². The molecular formula is C13H19NO3. The Morgan fingerprint density at radius 3 is 2.88 bits per heavy atom. The van der Waals surface area contributed by atoms with E-state index in [9.17, 15) is 14.7 Å². The lowest BCUT2D eigenvalue weighted by Gasteiger charge is -2.23. The largest absolute Gasteiger partial charge is 0.481 e. The van der Waals surface area contributed by atoms with E-state index in [0.29, 0.717) is 25.9 Å². The van der Waals surface area contributed by atoms with Crippen molar-refractivity contribution in [2.75, 3.05) is 13.1 Å². The third kappa shape index (κ3) is 1.96. The van der Waals surface area contributed by atoms with Gasteiger partial charge in [0.05, 0.1) is 5.41 Å². The molecule has 2 atom stereocenters. The molecular weight excluding hydrogens is 218 g/mol. The van der Waals surface area contributed by atoms with E-state index in [-0.39, 0.29) is 11.8 Å². The van der Waals surface area contributed by atoms with Gasteiger partial charge < -0.3 is 10.0 Å². The van der Waals surface area contributed by atoms with Gasteiger partial charge in [-0.25, -0.2) is 0 Å². The van der Waals surface area contributed by atoms with Gasteiger partial charge in [0, 0.05) is 19.5 Å². The minimum absolute atomic E-state index is 0.0694. The lowest BCUT2D eigenvalue weighted by molar-refractivity contribution is -0.149. The standard InChI is InChI=1S/C13H19NO3/c1-2-3-6-11(15)14-8-10-5-4-7-13(10,9-14)12(16)17/h2,10H,1,3-9H2,(H,16,17)/t10-,13+/m0/s1. The average molecular weight is 237 g/mol. The number of carboxylic acid groups (broad SMARTS) is 1. The van der Waals surface area contributed by atoms with Gasteiger partial charge in [0.25, 0.3) is 0 Å². The molecule has 1 heterocycles. The maximum atomic E-state index is 11.9. The van der Waals surface area contributed by atoms with Crippen LogP contribution in [0.15, 0.2) is 12.7 Å². The molecule has 2 aliphatic rings. The summed E-state index contributed by atoms with van der Waals surface area (Å²) in [6.45, 7) is 4.63. The first-order chi connectivity index (χ1) is 8.10. The summed E-state index contributed by atoms with van der Waals surface area (Å²) < 4.78 is 0. The molecule has 1 saturated carbocycles. The summed E-state index contributed by atoms with van der Waals surface area (Å²) >= 11 is 0. The fourth-order valence-corrected chi connectivity index (χ4v) is 3.21. The minimum Gasteiger partial charge on any atom is -0.481 e. The highest BCUT2D eigenvalue weighted by Crippen LogP contribution is 2.48. The average Bonchev–Trinajstić information content (AvgIpc) is 2.82. The third-order valence-electron chi connectivity index (χ3n) is 4.21. The summed E-state index contributed by atoms with van der Waals surface area (Å²) in [6.07, 6.45) is 5.48. The van der Waals surface area contributed by atoms with Crippen molar-refractivity contribution < 1.29 is 14.7 Å². The van der Waals surface area contributed by atoms with Crippen molar-refractivity contribution in [2.45, 2.75) is 32.1 Å². The van der Waals surface area contributed by atoms with Crippen LogP contribution in [-0.2, 0) is 9.59 Å². The van der Waals surface area contributed by atoms with Crippen molar-refractivity contribution in [3.63, 3.8) is 0 Å². The first kappa shape index (κ1) is 12.1. The highest BCUT2D eigenvalue weighted by Gasteiger charge is 2.55. The van der Waals surface area contributed by atoms with E-state index in [0.717, 1.165) is 19.3 Å². The van der Waals surface area contributed by atoms with Crippen LogP contribution in [0.3, 0.4) is 0 Å². The molecule has 0 bridgehead atoms. The summed E-state index contributed by atoms with van der Waals surface area (Å²) in [6, 6.07) is 0. The number of carbonyl (C=O) groups excluding carboxylic acids is 1. The van der Waals surface area contributed by atoms with E-state index in [2.05, 4.69) is 6.58 Å². The molecule has 2 fully saturated rings. The summed E-state index contributed by atoms with van der Waals surface area (Å²) in [5.74, 6) is -0.494. The number of aliphatic carboxylic acids is 1. The van der Waals surface area contributed by atoms with Crippen LogP contribution in [0.25, 0.3) is 0 Å². The molecule has 0 unspecified atom stereocenters. The van der Waals surface area contributed by atoms with Gasteiger partial charge >= 0.3 is 5.97 Å². The van der Waals surface area contributed by atoms with Gasteiger partial charge in [-0.15, -0.1) is 6.58 Å². The van der Waals surface area contributed by atoms with Crippen LogP contribution < -0.4 is 0 Å². The zero-order chi connectivity index (χ0) is 12.5. The summed E-state index contributed by atoms with van der Waals surface area (Å²) in [7, 11) is 0. The van der Waals surface area contributed by atoms with E-state index in [1.165, 1.54) is 0 Å². The Balaban J connectivity index is 2.05. The van der Waals surface area contributed by atoms with Crippen LogP contribution in [0.1, 0.15) is 32.1 Å². The number of amides is 1. The molecule has 4 nitrogen and oxygen atoms in total. The topological polar surface area (TPSA) is 57.6 Å². The molecule has 0 aromatic heterocycles. The van der Waals surface area contributed by atoms with Crippen LogP contribution in [0.2, 0.25) is 0 Å². The normalized spacial score (nSPS) is 31.3. The van der Waals surface area contributed by atoms with Gasteiger partial charge in [0.1, 0.15) is 0 Å². The predicted octanol–water partition coefficient (Wildman–Crippen LogP) is 1.67. The van der Waals surface area contributed by atoms with Gasteiger partial charge in [-0.3, -0.25) is 9.59 Å². The Hall–Kier alpha value is -1.32. The number of hydrogen-bond donors (Lipinski definition) is 1. The second-order valence-electron chi connectivity index (χ2n) is 5.15. The molecule has 94 valence electrons. The molecule has 2 rings (SSSR count). The zero-order valence-electron chi connectivity index (χ0n) is 10.0. The van der Waals surface area contributed by atoms with Crippen molar-refractivity contribution >= 4 is 11.9 Å². The fourth-order valence-electron chi connectivity index (χ4n) is 3.21. The van der Waals surface area contributed by atoms with Crippen molar-refractivity contribution in [1.82, 2.24) is 4.90 Å². The molecule has 0 radical (unpaired) electrons. The smallest absolute Gasteiger partial charge is 0.311 e. The molecule has 1 N–H and O–H groups in total. The Morgan fingerprint density at radius 2 is 2.29 bits per heavy atom. The summed E-state index contributed by atoms with van der Waals surface area (Å²) in [5, 5.41) is 9.40. The Bertz CT molecular complexity index is 353. The molecule has 1 amide bonds. The maximum absolute atomic E-state index is 11.9. The van der Waals surface area contributed by atoms with Gasteiger partial charge in [-0.05, 0) is 25.2 Å². The fraction of sp³-hybridized carbons (Fsp3) is 0.692. The number of nitrogens with zero attached hydrogens (tertiary/aromatic N) is 1. The monoisotopic (exact) mass is 237 g/mol.